The third kappa shape index (κ3) is 3.97. The summed E-state index contributed by atoms with van der Waals surface area (Å²) >= 11 is 7.77. The molecule has 0 saturated heterocycles. The molecule has 132 valence electrons. The zero-order chi connectivity index (χ0) is 17.8. The molecule has 0 saturated carbocycles. The third-order valence-corrected chi connectivity index (χ3v) is 4.84. The molecule has 1 aliphatic rings. The average Bonchev–Trinajstić information content (AvgIpc) is 3.17. The van der Waals surface area contributed by atoms with Crippen molar-refractivity contribution in [2.75, 3.05) is 25.6 Å². The fraction of sp³-hybridized carbons (Fsp3) is 0.312. The molecule has 0 atom stereocenters. The van der Waals surface area contributed by atoms with Crippen LogP contribution in [0, 0.1) is 0 Å². The van der Waals surface area contributed by atoms with Crippen LogP contribution in [-0.4, -0.2) is 41.9 Å². The summed E-state index contributed by atoms with van der Waals surface area (Å²) in [6, 6.07) is 7.17. The lowest BCUT2D eigenvalue weighted by molar-refractivity contribution is -0.136. The highest BCUT2D eigenvalue weighted by Gasteiger charge is 2.26. The quantitative estimate of drug-likeness (QED) is 0.612. The van der Waals surface area contributed by atoms with Crippen molar-refractivity contribution >= 4 is 41.0 Å². The summed E-state index contributed by atoms with van der Waals surface area (Å²) in [6.45, 7) is 0.607. The standard InChI is InChI=1S/C16H17ClN4O3S/c1-24-6-5-18-15(22)16(23)19-14-12-8-25-9-13(12)20-21(14)11-4-2-3-10(17)7-11/h2-4,7H,5-6,8-9H2,1H3,(H,18,22)(H,19,23). The number of rotatable bonds is 5. The molecular formula is C16H17ClN4O3S. The molecule has 0 fully saturated rings. The van der Waals surface area contributed by atoms with Gasteiger partial charge in [0.1, 0.15) is 5.82 Å². The molecule has 0 radical (unpaired) electrons. The lowest BCUT2D eigenvalue weighted by atomic mass is 10.2. The van der Waals surface area contributed by atoms with Crippen molar-refractivity contribution in [2.24, 2.45) is 0 Å². The highest BCUT2D eigenvalue weighted by Crippen LogP contribution is 2.36. The molecule has 1 aromatic carbocycles. The van der Waals surface area contributed by atoms with Crippen LogP contribution in [0.25, 0.3) is 5.69 Å². The maximum Gasteiger partial charge on any atom is 0.314 e. The van der Waals surface area contributed by atoms with Crippen molar-refractivity contribution in [2.45, 2.75) is 11.5 Å². The number of nitrogens with zero attached hydrogens (tertiary/aromatic N) is 2. The van der Waals surface area contributed by atoms with Gasteiger partial charge in [-0.1, -0.05) is 17.7 Å². The molecule has 0 unspecified atom stereocenters. The molecule has 1 aliphatic heterocycles. The number of thioether (sulfide) groups is 1. The van der Waals surface area contributed by atoms with Gasteiger partial charge in [0.25, 0.3) is 0 Å². The normalized spacial score (nSPS) is 12.7. The Balaban J connectivity index is 1.85. The van der Waals surface area contributed by atoms with Gasteiger partial charge in [-0.15, -0.1) is 0 Å². The fourth-order valence-corrected chi connectivity index (χ4v) is 3.67. The number of nitrogens with one attached hydrogen (secondary N) is 2. The maximum atomic E-state index is 12.2. The van der Waals surface area contributed by atoms with E-state index in [1.165, 1.54) is 7.11 Å². The van der Waals surface area contributed by atoms with E-state index in [4.69, 9.17) is 16.3 Å². The second kappa shape index (κ2) is 7.90. The van der Waals surface area contributed by atoms with E-state index in [-0.39, 0.29) is 6.54 Å². The molecule has 7 nitrogen and oxygen atoms in total. The van der Waals surface area contributed by atoms with E-state index in [2.05, 4.69) is 15.7 Å². The lowest BCUT2D eigenvalue weighted by Crippen LogP contribution is -2.37. The smallest absolute Gasteiger partial charge is 0.314 e. The molecule has 0 spiro atoms. The summed E-state index contributed by atoms with van der Waals surface area (Å²) in [6.07, 6.45) is 0. The molecule has 1 aromatic heterocycles. The molecule has 0 aliphatic carbocycles. The number of anilines is 1. The Morgan fingerprint density at radius 3 is 2.96 bits per heavy atom. The number of carbonyl (C=O) groups excluding carboxylic acids is 2. The summed E-state index contributed by atoms with van der Waals surface area (Å²) in [4.78, 5) is 24.1. The van der Waals surface area contributed by atoms with Crippen molar-refractivity contribution < 1.29 is 14.3 Å². The molecule has 2 amide bonds. The number of methoxy groups -OCH3 is 1. The van der Waals surface area contributed by atoms with Crippen LogP contribution < -0.4 is 10.6 Å². The fourth-order valence-electron chi connectivity index (χ4n) is 2.45. The van der Waals surface area contributed by atoms with Crippen LogP contribution in [0.2, 0.25) is 5.02 Å². The Bertz CT molecular complexity index is 809. The second-order valence-corrected chi connectivity index (χ2v) is 6.78. The van der Waals surface area contributed by atoms with Gasteiger partial charge in [0.15, 0.2) is 0 Å². The van der Waals surface area contributed by atoms with Gasteiger partial charge in [-0.3, -0.25) is 9.59 Å². The van der Waals surface area contributed by atoms with Gasteiger partial charge in [0, 0.05) is 35.7 Å². The Kier molecular flexibility index (Phi) is 5.62. The molecule has 9 heteroatoms. The molecule has 25 heavy (non-hydrogen) atoms. The summed E-state index contributed by atoms with van der Waals surface area (Å²) in [5.74, 6) is 0.561. The van der Waals surface area contributed by atoms with E-state index < -0.39 is 11.8 Å². The van der Waals surface area contributed by atoms with E-state index >= 15 is 0 Å². The minimum absolute atomic E-state index is 0.268. The molecule has 0 bridgehead atoms. The SMILES string of the molecule is COCCNC(=O)C(=O)Nc1c2c(nn1-c1cccc(Cl)c1)CSC2. The number of halogens is 1. The number of benzene rings is 1. The number of amides is 2. The summed E-state index contributed by atoms with van der Waals surface area (Å²) in [5, 5.41) is 10.3. The van der Waals surface area contributed by atoms with Gasteiger partial charge in [-0.25, -0.2) is 4.68 Å². The van der Waals surface area contributed by atoms with Gasteiger partial charge in [-0.05, 0) is 18.2 Å². The highest BCUT2D eigenvalue weighted by atomic mass is 35.5. The highest BCUT2D eigenvalue weighted by molar-refractivity contribution is 7.98. The van der Waals surface area contributed by atoms with Crippen molar-refractivity contribution in [1.29, 1.82) is 0 Å². The predicted octanol–water partition coefficient (Wildman–Crippen LogP) is 1.97. The molecule has 2 aromatic rings. The largest absolute Gasteiger partial charge is 0.383 e. The van der Waals surface area contributed by atoms with E-state index in [0.29, 0.717) is 17.4 Å². The van der Waals surface area contributed by atoms with E-state index in [1.807, 2.05) is 12.1 Å². The van der Waals surface area contributed by atoms with Crippen molar-refractivity contribution in [3.05, 3.63) is 40.5 Å². The molecule has 2 heterocycles. The van der Waals surface area contributed by atoms with Gasteiger partial charge in [0.05, 0.1) is 18.0 Å². The number of hydrogen-bond donors (Lipinski definition) is 2. The maximum absolute atomic E-state index is 12.2. The second-order valence-electron chi connectivity index (χ2n) is 5.36. The Morgan fingerprint density at radius 2 is 2.20 bits per heavy atom. The van der Waals surface area contributed by atoms with Crippen LogP contribution in [0.15, 0.2) is 24.3 Å². The van der Waals surface area contributed by atoms with Gasteiger partial charge < -0.3 is 15.4 Å². The van der Waals surface area contributed by atoms with E-state index in [0.717, 1.165) is 28.5 Å². The van der Waals surface area contributed by atoms with Crippen LogP contribution >= 0.6 is 23.4 Å². The van der Waals surface area contributed by atoms with Crippen LogP contribution in [0.4, 0.5) is 5.82 Å². The van der Waals surface area contributed by atoms with Crippen LogP contribution in [0.5, 0.6) is 0 Å². The first-order chi connectivity index (χ1) is 12.1. The Labute approximate surface area is 154 Å². The van der Waals surface area contributed by atoms with Crippen LogP contribution in [0.3, 0.4) is 0 Å². The number of hydrogen-bond acceptors (Lipinski definition) is 5. The average molecular weight is 381 g/mol. The Morgan fingerprint density at radius 1 is 1.36 bits per heavy atom. The molecule has 3 rings (SSSR count). The summed E-state index contributed by atoms with van der Waals surface area (Å²) in [7, 11) is 1.52. The molecular weight excluding hydrogens is 364 g/mol. The topological polar surface area (TPSA) is 85.2 Å². The van der Waals surface area contributed by atoms with Gasteiger partial charge >= 0.3 is 11.8 Å². The first-order valence-electron chi connectivity index (χ1n) is 7.62. The number of ether oxygens (including phenoxy) is 1. The number of carbonyl (C=O) groups is 2. The van der Waals surface area contributed by atoms with Gasteiger partial charge in [0.2, 0.25) is 0 Å². The predicted molar refractivity (Wildman–Crippen MR) is 97.1 cm³/mol. The minimum Gasteiger partial charge on any atom is -0.383 e. The lowest BCUT2D eigenvalue weighted by Gasteiger charge is -2.11. The monoisotopic (exact) mass is 380 g/mol. The van der Waals surface area contributed by atoms with Crippen molar-refractivity contribution in [3.8, 4) is 5.69 Å². The summed E-state index contributed by atoms with van der Waals surface area (Å²) in [5.41, 5.74) is 2.56. The minimum atomic E-state index is -0.737. The van der Waals surface area contributed by atoms with Crippen LogP contribution in [-0.2, 0) is 25.8 Å². The zero-order valence-corrected chi connectivity index (χ0v) is 15.1. The number of fused-ring (bicyclic) bond motifs is 1. The van der Waals surface area contributed by atoms with E-state index in [9.17, 15) is 9.59 Å². The number of aromatic nitrogens is 2. The van der Waals surface area contributed by atoms with Crippen LogP contribution in [0.1, 0.15) is 11.3 Å². The van der Waals surface area contributed by atoms with Crippen molar-refractivity contribution in [3.63, 3.8) is 0 Å². The third-order valence-electron chi connectivity index (χ3n) is 3.63. The Hall–Kier alpha value is -2.03. The molecule has 2 N–H and O–H groups in total. The zero-order valence-electron chi connectivity index (χ0n) is 13.5. The first kappa shape index (κ1) is 17.8. The summed E-state index contributed by atoms with van der Waals surface area (Å²) < 4.78 is 6.47. The van der Waals surface area contributed by atoms with Crippen molar-refractivity contribution in [1.82, 2.24) is 15.1 Å². The first-order valence-corrected chi connectivity index (χ1v) is 9.16. The van der Waals surface area contributed by atoms with E-state index in [1.54, 1.807) is 28.6 Å². The van der Waals surface area contributed by atoms with Gasteiger partial charge in [-0.2, -0.15) is 16.9 Å².